The minimum Gasteiger partial charge on any atom is -0.399 e. The van der Waals surface area contributed by atoms with E-state index in [1.807, 2.05) is 24.3 Å². The van der Waals surface area contributed by atoms with Crippen molar-refractivity contribution in [2.75, 3.05) is 25.4 Å². The summed E-state index contributed by atoms with van der Waals surface area (Å²) in [5.41, 5.74) is 7.20. The topological polar surface area (TPSA) is 87.9 Å². The van der Waals surface area contributed by atoms with Crippen LogP contribution in [0.4, 0.5) is 5.69 Å². The van der Waals surface area contributed by atoms with Crippen molar-refractivity contribution in [3.63, 3.8) is 0 Å². The van der Waals surface area contributed by atoms with Gasteiger partial charge in [0.15, 0.2) is 0 Å². The van der Waals surface area contributed by atoms with E-state index in [2.05, 4.69) is 33.7 Å². The zero-order chi connectivity index (χ0) is 20.2. The lowest BCUT2D eigenvalue weighted by molar-refractivity contribution is 0.260. The third-order valence-corrected chi connectivity index (χ3v) is 4.88. The van der Waals surface area contributed by atoms with Crippen LogP contribution < -0.4 is 11.4 Å². The molecule has 3 N–H and O–H groups in total. The van der Waals surface area contributed by atoms with E-state index in [-0.39, 0.29) is 5.69 Å². The average molecular weight is 386 g/mol. The van der Waals surface area contributed by atoms with Crippen LogP contribution in [-0.2, 0) is 12.8 Å². The van der Waals surface area contributed by atoms with E-state index in [1.54, 1.807) is 0 Å². The molecule has 0 radical (unpaired) electrons. The van der Waals surface area contributed by atoms with Gasteiger partial charge in [0.05, 0.1) is 0 Å². The summed E-state index contributed by atoms with van der Waals surface area (Å²) >= 11 is 0. The van der Waals surface area contributed by atoms with E-state index in [0.717, 1.165) is 37.1 Å². The molecule has 0 saturated heterocycles. The fourth-order valence-electron chi connectivity index (χ4n) is 3.22. The third-order valence-electron chi connectivity index (χ3n) is 4.88. The first kappa shape index (κ1) is 22.1. The van der Waals surface area contributed by atoms with Crippen LogP contribution in [0.5, 0.6) is 0 Å². The molecule has 0 bridgehead atoms. The van der Waals surface area contributed by atoms with Crippen molar-refractivity contribution in [2.45, 2.75) is 65.2 Å². The Morgan fingerprint density at radius 3 is 2.21 bits per heavy atom. The van der Waals surface area contributed by atoms with Gasteiger partial charge in [0, 0.05) is 18.5 Å². The highest BCUT2D eigenvalue weighted by Crippen LogP contribution is 2.09. The molecule has 0 amide bonds. The SMILES string of the molecule is CCCCN(CCCC)CCCCc1nc(Cc2ccc(N)cc2)[nH]c(=O)n1. The number of aromatic nitrogens is 3. The van der Waals surface area contributed by atoms with Gasteiger partial charge < -0.3 is 10.6 Å². The molecule has 154 valence electrons. The quantitative estimate of drug-likeness (QED) is 0.406. The maximum atomic E-state index is 11.9. The Hall–Kier alpha value is -2.21. The summed E-state index contributed by atoms with van der Waals surface area (Å²) in [7, 11) is 0. The lowest BCUT2D eigenvalue weighted by Crippen LogP contribution is -2.27. The number of nitrogens with one attached hydrogen (secondary N) is 1. The van der Waals surface area contributed by atoms with Gasteiger partial charge in [-0.1, -0.05) is 38.8 Å². The average Bonchev–Trinajstić information content (AvgIpc) is 2.68. The largest absolute Gasteiger partial charge is 0.399 e. The predicted molar refractivity (Wildman–Crippen MR) is 116 cm³/mol. The van der Waals surface area contributed by atoms with E-state index < -0.39 is 0 Å². The number of aryl methyl sites for hydroxylation is 1. The minimum atomic E-state index is -0.317. The standard InChI is InChI=1S/C22H35N5O/c1-3-5-14-27(15-6-4-2)16-8-7-9-20-24-21(26-22(28)25-20)17-18-10-12-19(23)13-11-18/h10-13H,3-9,14-17,23H2,1-2H3,(H,24,25,26,28). The van der Waals surface area contributed by atoms with Crippen molar-refractivity contribution in [1.29, 1.82) is 0 Å². The summed E-state index contributed by atoms with van der Waals surface area (Å²) in [6.45, 7) is 7.96. The molecular formula is C22H35N5O. The molecule has 1 aromatic carbocycles. The lowest BCUT2D eigenvalue weighted by atomic mass is 10.1. The molecule has 0 unspecified atom stereocenters. The second-order valence-corrected chi connectivity index (χ2v) is 7.44. The zero-order valence-corrected chi connectivity index (χ0v) is 17.4. The van der Waals surface area contributed by atoms with Crippen molar-refractivity contribution in [3.05, 3.63) is 52.0 Å². The molecule has 6 nitrogen and oxygen atoms in total. The molecular weight excluding hydrogens is 350 g/mol. The molecule has 0 atom stereocenters. The van der Waals surface area contributed by atoms with Crippen molar-refractivity contribution in [2.24, 2.45) is 0 Å². The molecule has 0 saturated carbocycles. The Morgan fingerprint density at radius 1 is 0.929 bits per heavy atom. The molecule has 2 aromatic rings. The van der Waals surface area contributed by atoms with Gasteiger partial charge in [-0.05, 0) is 63.0 Å². The first-order chi connectivity index (χ1) is 13.6. The molecule has 0 aliphatic rings. The third kappa shape index (κ3) is 8.21. The summed E-state index contributed by atoms with van der Waals surface area (Å²) in [6.07, 6.45) is 8.42. The number of anilines is 1. The fraction of sp³-hybridized carbons (Fsp3) is 0.591. The number of nitrogens with zero attached hydrogens (tertiary/aromatic N) is 3. The Morgan fingerprint density at radius 2 is 1.57 bits per heavy atom. The van der Waals surface area contributed by atoms with Gasteiger partial charge in [-0.3, -0.25) is 4.98 Å². The molecule has 6 heteroatoms. The normalized spacial score (nSPS) is 11.2. The van der Waals surface area contributed by atoms with Gasteiger partial charge in [0.2, 0.25) is 0 Å². The molecule has 0 fully saturated rings. The van der Waals surface area contributed by atoms with E-state index in [4.69, 9.17) is 5.73 Å². The van der Waals surface area contributed by atoms with Crippen LogP contribution in [0.25, 0.3) is 0 Å². The van der Waals surface area contributed by atoms with E-state index in [9.17, 15) is 4.79 Å². The first-order valence-electron chi connectivity index (χ1n) is 10.6. The van der Waals surface area contributed by atoms with Crippen molar-refractivity contribution >= 4 is 5.69 Å². The van der Waals surface area contributed by atoms with Gasteiger partial charge in [0.1, 0.15) is 11.6 Å². The molecule has 0 aliphatic heterocycles. The maximum Gasteiger partial charge on any atom is 0.348 e. The molecule has 1 heterocycles. The Kier molecular flexibility index (Phi) is 9.69. The summed E-state index contributed by atoms with van der Waals surface area (Å²) < 4.78 is 0. The summed E-state index contributed by atoms with van der Waals surface area (Å²) in [4.78, 5) is 25.8. The van der Waals surface area contributed by atoms with Crippen LogP contribution in [0.2, 0.25) is 0 Å². The highest BCUT2D eigenvalue weighted by molar-refractivity contribution is 5.39. The van der Waals surface area contributed by atoms with Crippen LogP contribution in [0.1, 0.15) is 69.6 Å². The van der Waals surface area contributed by atoms with Crippen molar-refractivity contribution in [3.8, 4) is 0 Å². The van der Waals surface area contributed by atoms with Gasteiger partial charge in [-0.2, -0.15) is 4.98 Å². The van der Waals surface area contributed by atoms with Gasteiger partial charge in [-0.25, -0.2) is 9.78 Å². The number of benzene rings is 1. The van der Waals surface area contributed by atoms with Gasteiger partial charge in [-0.15, -0.1) is 0 Å². The number of nitrogen functional groups attached to an aromatic ring is 1. The van der Waals surface area contributed by atoms with Crippen LogP contribution in [0.3, 0.4) is 0 Å². The van der Waals surface area contributed by atoms with Crippen LogP contribution in [0.15, 0.2) is 29.1 Å². The maximum absolute atomic E-state index is 11.9. The molecule has 2 rings (SSSR count). The summed E-state index contributed by atoms with van der Waals surface area (Å²) in [5, 5.41) is 0. The Labute approximate surface area is 168 Å². The smallest absolute Gasteiger partial charge is 0.348 e. The first-order valence-corrected chi connectivity index (χ1v) is 10.6. The van der Waals surface area contributed by atoms with Crippen LogP contribution >= 0.6 is 0 Å². The van der Waals surface area contributed by atoms with Crippen molar-refractivity contribution in [1.82, 2.24) is 19.9 Å². The zero-order valence-electron chi connectivity index (χ0n) is 17.4. The second-order valence-electron chi connectivity index (χ2n) is 7.44. The number of H-pyrrole nitrogens is 1. The molecule has 0 spiro atoms. The van der Waals surface area contributed by atoms with E-state index >= 15 is 0 Å². The van der Waals surface area contributed by atoms with Gasteiger partial charge >= 0.3 is 5.69 Å². The molecule has 0 aliphatic carbocycles. The van der Waals surface area contributed by atoms with Crippen LogP contribution in [-0.4, -0.2) is 39.5 Å². The lowest BCUT2D eigenvalue weighted by Gasteiger charge is -2.21. The summed E-state index contributed by atoms with van der Waals surface area (Å²) in [5.74, 6) is 1.30. The highest BCUT2D eigenvalue weighted by Gasteiger charge is 2.07. The van der Waals surface area contributed by atoms with Gasteiger partial charge in [0.25, 0.3) is 0 Å². The number of nitrogens with two attached hydrogens (primary N) is 1. The number of rotatable bonds is 13. The molecule has 28 heavy (non-hydrogen) atoms. The Balaban J connectivity index is 1.85. The number of hydrogen-bond donors (Lipinski definition) is 2. The highest BCUT2D eigenvalue weighted by atomic mass is 16.1. The molecule has 1 aromatic heterocycles. The number of unbranched alkanes of at least 4 members (excludes halogenated alkanes) is 3. The predicted octanol–water partition coefficient (Wildman–Crippen LogP) is 3.56. The second kappa shape index (κ2) is 12.3. The number of hydrogen-bond acceptors (Lipinski definition) is 5. The van der Waals surface area contributed by atoms with Crippen LogP contribution in [0, 0.1) is 0 Å². The van der Waals surface area contributed by atoms with E-state index in [1.165, 1.54) is 38.8 Å². The Bertz CT molecular complexity index is 733. The van der Waals surface area contributed by atoms with E-state index in [0.29, 0.717) is 18.1 Å². The monoisotopic (exact) mass is 385 g/mol. The summed E-state index contributed by atoms with van der Waals surface area (Å²) in [6, 6.07) is 7.63. The minimum absolute atomic E-state index is 0.317. The van der Waals surface area contributed by atoms with Crippen molar-refractivity contribution < 1.29 is 0 Å². The fourth-order valence-corrected chi connectivity index (χ4v) is 3.22. The number of aromatic amines is 1.